The van der Waals surface area contributed by atoms with E-state index in [1.165, 1.54) is 12.1 Å². The predicted octanol–water partition coefficient (Wildman–Crippen LogP) is 6.20. The van der Waals surface area contributed by atoms with Gasteiger partial charge in [-0.3, -0.25) is 0 Å². The van der Waals surface area contributed by atoms with Crippen molar-refractivity contribution in [2.24, 2.45) is 5.92 Å². The molecule has 0 amide bonds. The lowest BCUT2D eigenvalue weighted by atomic mass is 9.79. The van der Waals surface area contributed by atoms with Crippen molar-refractivity contribution in [3.63, 3.8) is 0 Å². The molecule has 1 saturated carbocycles. The first-order valence-electron chi connectivity index (χ1n) is 7.34. The second-order valence-electron chi connectivity index (χ2n) is 5.61. The standard InChI is InChI=1S/C17H17F5O/c1-2-11-3-5-12(6-4-11)13-7-9-14(10-8-13)23-17(21,22)15(18)16(19)20/h2,7-12H,1,3-6H2. The van der Waals surface area contributed by atoms with Crippen molar-refractivity contribution in [3.05, 3.63) is 54.4 Å². The molecule has 0 aromatic heterocycles. The van der Waals surface area contributed by atoms with Gasteiger partial charge in [0.25, 0.3) is 5.83 Å². The monoisotopic (exact) mass is 332 g/mol. The second kappa shape index (κ2) is 7.15. The van der Waals surface area contributed by atoms with Gasteiger partial charge in [0.15, 0.2) is 0 Å². The van der Waals surface area contributed by atoms with Crippen molar-refractivity contribution in [2.75, 3.05) is 0 Å². The number of benzene rings is 1. The molecule has 0 unspecified atom stereocenters. The fraction of sp³-hybridized carbons (Fsp3) is 0.412. The molecule has 1 aliphatic rings. The third-order valence-electron chi connectivity index (χ3n) is 4.12. The fourth-order valence-corrected chi connectivity index (χ4v) is 2.80. The highest BCUT2D eigenvalue weighted by atomic mass is 19.3. The van der Waals surface area contributed by atoms with Crippen LogP contribution in [-0.2, 0) is 0 Å². The predicted molar refractivity (Wildman–Crippen MR) is 77.3 cm³/mol. The minimum Gasteiger partial charge on any atom is -0.427 e. The zero-order valence-electron chi connectivity index (χ0n) is 12.4. The Morgan fingerprint density at radius 2 is 1.61 bits per heavy atom. The molecule has 0 bridgehead atoms. The van der Waals surface area contributed by atoms with Crippen molar-refractivity contribution in [3.8, 4) is 5.75 Å². The van der Waals surface area contributed by atoms with Gasteiger partial charge in [-0.25, -0.2) is 0 Å². The Morgan fingerprint density at radius 1 is 1.04 bits per heavy atom. The molecule has 1 aromatic carbocycles. The summed E-state index contributed by atoms with van der Waals surface area (Å²) in [4.78, 5) is 0. The Labute approximate surface area is 131 Å². The Morgan fingerprint density at radius 3 is 2.09 bits per heavy atom. The summed E-state index contributed by atoms with van der Waals surface area (Å²) >= 11 is 0. The third kappa shape index (κ3) is 4.33. The second-order valence-corrected chi connectivity index (χ2v) is 5.61. The van der Waals surface area contributed by atoms with Crippen molar-refractivity contribution in [1.29, 1.82) is 0 Å². The molecule has 2 rings (SSSR count). The average molecular weight is 332 g/mol. The minimum absolute atomic E-state index is 0.320. The van der Waals surface area contributed by atoms with Gasteiger partial charge in [0.05, 0.1) is 0 Å². The Kier molecular flexibility index (Phi) is 5.44. The molecule has 0 spiro atoms. The summed E-state index contributed by atoms with van der Waals surface area (Å²) in [6.07, 6.45) is -1.84. The minimum atomic E-state index is -4.68. The van der Waals surface area contributed by atoms with E-state index in [2.05, 4.69) is 11.3 Å². The molecule has 1 nitrogen and oxygen atoms in total. The van der Waals surface area contributed by atoms with E-state index in [-0.39, 0.29) is 5.75 Å². The quantitative estimate of drug-likeness (QED) is 0.461. The zero-order chi connectivity index (χ0) is 17.0. The van der Waals surface area contributed by atoms with Crippen LogP contribution < -0.4 is 4.74 Å². The van der Waals surface area contributed by atoms with Crippen LogP contribution in [0.5, 0.6) is 5.75 Å². The summed E-state index contributed by atoms with van der Waals surface area (Å²) in [5, 5.41) is 0. The molecule has 0 saturated heterocycles. The summed E-state index contributed by atoms with van der Waals surface area (Å²) in [6, 6.07) is 5.70. The highest BCUT2D eigenvalue weighted by molar-refractivity contribution is 5.30. The summed E-state index contributed by atoms with van der Waals surface area (Å²) in [6.45, 7) is 3.78. The van der Waals surface area contributed by atoms with Gasteiger partial charge in [0.2, 0.25) is 0 Å². The Bertz CT molecular complexity index is 567. The van der Waals surface area contributed by atoms with Gasteiger partial charge >= 0.3 is 12.2 Å². The van der Waals surface area contributed by atoms with E-state index in [1.807, 2.05) is 6.08 Å². The average Bonchev–Trinajstić information content (AvgIpc) is 2.54. The van der Waals surface area contributed by atoms with Crippen LogP contribution in [0.3, 0.4) is 0 Å². The summed E-state index contributed by atoms with van der Waals surface area (Å²) in [7, 11) is 0. The summed E-state index contributed by atoms with van der Waals surface area (Å²) in [5.41, 5.74) is 0.968. The first-order valence-corrected chi connectivity index (χ1v) is 7.34. The van der Waals surface area contributed by atoms with E-state index in [0.29, 0.717) is 11.8 Å². The van der Waals surface area contributed by atoms with Crippen LogP contribution >= 0.6 is 0 Å². The molecule has 23 heavy (non-hydrogen) atoms. The topological polar surface area (TPSA) is 9.23 Å². The molecule has 0 radical (unpaired) electrons. The maximum absolute atomic E-state index is 13.1. The van der Waals surface area contributed by atoms with Crippen LogP contribution in [0.15, 0.2) is 48.8 Å². The van der Waals surface area contributed by atoms with Crippen LogP contribution in [0.2, 0.25) is 0 Å². The first-order chi connectivity index (χ1) is 10.8. The first kappa shape index (κ1) is 17.5. The molecule has 0 heterocycles. The number of alkyl halides is 2. The summed E-state index contributed by atoms with van der Waals surface area (Å²) in [5.74, 6) is -2.40. The number of rotatable bonds is 5. The van der Waals surface area contributed by atoms with Gasteiger partial charge in [-0.2, -0.15) is 22.0 Å². The maximum Gasteiger partial charge on any atom is 0.459 e. The van der Waals surface area contributed by atoms with Crippen LogP contribution in [0, 0.1) is 5.92 Å². The van der Waals surface area contributed by atoms with E-state index in [9.17, 15) is 22.0 Å². The molecular formula is C17H17F5O. The molecule has 1 aliphatic carbocycles. The van der Waals surface area contributed by atoms with Crippen LogP contribution in [0.25, 0.3) is 0 Å². The maximum atomic E-state index is 13.1. The van der Waals surface area contributed by atoms with Crippen molar-refractivity contribution >= 4 is 0 Å². The van der Waals surface area contributed by atoms with Gasteiger partial charge in [-0.15, -0.1) is 6.58 Å². The normalized spacial score (nSPS) is 21.6. The molecule has 126 valence electrons. The van der Waals surface area contributed by atoms with Gasteiger partial charge in [0, 0.05) is 0 Å². The van der Waals surface area contributed by atoms with Crippen molar-refractivity contribution < 1.29 is 26.7 Å². The van der Waals surface area contributed by atoms with Crippen LogP contribution in [0.4, 0.5) is 22.0 Å². The highest BCUT2D eigenvalue weighted by Crippen LogP contribution is 2.37. The van der Waals surface area contributed by atoms with E-state index >= 15 is 0 Å². The van der Waals surface area contributed by atoms with E-state index in [4.69, 9.17) is 0 Å². The Balaban J connectivity index is 2.03. The number of allylic oxidation sites excluding steroid dienone is 1. The molecule has 0 atom stereocenters. The van der Waals surface area contributed by atoms with Gasteiger partial charge in [-0.1, -0.05) is 18.2 Å². The molecule has 1 aromatic rings. The molecule has 6 heteroatoms. The van der Waals surface area contributed by atoms with Gasteiger partial charge < -0.3 is 4.74 Å². The third-order valence-corrected chi connectivity index (χ3v) is 4.12. The molecular weight excluding hydrogens is 315 g/mol. The number of ether oxygens (including phenoxy) is 1. The fourth-order valence-electron chi connectivity index (χ4n) is 2.80. The zero-order valence-corrected chi connectivity index (χ0v) is 12.4. The van der Waals surface area contributed by atoms with Gasteiger partial charge in [0.1, 0.15) is 5.75 Å². The highest BCUT2D eigenvalue weighted by Gasteiger charge is 2.42. The number of hydrogen-bond acceptors (Lipinski definition) is 1. The smallest absolute Gasteiger partial charge is 0.427 e. The lowest BCUT2D eigenvalue weighted by Gasteiger charge is -2.27. The molecule has 1 fully saturated rings. The molecule has 0 aliphatic heterocycles. The lowest BCUT2D eigenvalue weighted by molar-refractivity contribution is -0.159. The van der Waals surface area contributed by atoms with E-state index in [0.717, 1.165) is 31.2 Å². The lowest BCUT2D eigenvalue weighted by Crippen LogP contribution is -2.26. The van der Waals surface area contributed by atoms with E-state index < -0.39 is 18.0 Å². The molecule has 0 N–H and O–H groups in total. The number of halogens is 5. The largest absolute Gasteiger partial charge is 0.459 e. The van der Waals surface area contributed by atoms with Crippen LogP contribution in [-0.4, -0.2) is 6.11 Å². The van der Waals surface area contributed by atoms with Crippen molar-refractivity contribution in [2.45, 2.75) is 37.7 Å². The SMILES string of the molecule is C=CC1CCC(c2ccc(OC(F)(F)C(F)=C(F)F)cc2)CC1. The van der Waals surface area contributed by atoms with Crippen molar-refractivity contribution in [1.82, 2.24) is 0 Å². The van der Waals surface area contributed by atoms with Crippen LogP contribution in [0.1, 0.15) is 37.2 Å². The van der Waals surface area contributed by atoms with E-state index in [1.54, 1.807) is 12.1 Å². The summed E-state index contributed by atoms with van der Waals surface area (Å²) < 4.78 is 66.9. The Hall–Kier alpha value is -1.85. The van der Waals surface area contributed by atoms with Gasteiger partial charge in [-0.05, 0) is 55.2 Å². The number of hydrogen-bond donors (Lipinski definition) is 0.